The zero-order chi connectivity index (χ0) is 20.4. The molecule has 7 nitrogen and oxygen atoms in total. The fourth-order valence-corrected chi connectivity index (χ4v) is 3.66. The maximum Gasteiger partial charge on any atom is 0.269 e. The molecule has 29 heavy (non-hydrogen) atoms. The Kier molecular flexibility index (Phi) is 5.32. The molecule has 0 spiro atoms. The summed E-state index contributed by atoms with van der Waals surface area (Å²) in [6.07, 6.45) is 1.42. The second-order valence-corrected chi connectivity index (χ2v) is 7.32. The van der Waals surface area contributed by atoms with Gasteiger partial charge in [-0.05, 0) is 30.3 Å². The average molecular weight is 430 g/mol. The predicted molar refractivity (Wildman–Crippen MR) is 110 cm³/mol. The van der Waals surface area contributed by atoms with E-state index in [9.17, 15) is 14.0 Å². The highest BCUT2D eigenvalue weighted by Crippen LogP contribution is 2.22. The summed E-state index contributed by atoms with van der Waals surface area (Å²) in [6.45, 7) is 0. The zero-order valence-corrected chi connectivity index (χ0v) is 16.3. The standard InChI is InChI=1S/C19H13ClFN5O2S/c20-14-8-11(6-7-15(14)21)23-16(27)10-29-19-24-17-13(9-22-25-17)18(28)26(19)12-4-2-1-3-5-12/h1-9H,10H2,(H,22,25)(H,23,27). The molecule has 2 aromatic heterocycles. The topological polar surface area (TPSA) is 92.7 Å². The van der Waals surface area contributed by atoms with Crippen LogP contribution < -0.4 is 10.9 Å². The first-order valence-electron chi connectivity index (χ1n) is 8.42. The van der Waals surface area contributed by atoms with Crippen LogP contribution in [0.15, 0.2) is 64.7 Å². The number of aromatic nitrogens is 4. The van der Waals surface area contributed by atoms with E-state index in [1.54, 1.807) is 24.3 Å². The number of nitrogens with one attached hydrogen (secondary N) is 2. The van der Waals surface area contributed by atoms with Crippen molar-refractivity contribution in [2.75, 3.05) is 11.1 Å². The number of fused-ring (bicyclic) bond motifs is 1. The van der Waals surface area contributed by atoms with E-state index < -0.39 is 5.82 Å². The fourth-order valence-electron chi connectivity index (χ4n) is 2.68. The van der Waals surface area contributed by atoms with Crippen LogP contribution in [0.4, 0.5) is 10.1 Å². The Morgan fingerprint density at radius 3 is 2.79 bits per heavy atom. The van der Waals surface area contributed by atoms with Crippen molar-refractivity contribution in [1.29, 1.82) is 0 Å². The van der Waals surface area contributed by atoms with Gasteiger partial charge in [0.2, 0.25) is 5.91 Å². The quantitative estimate of drug-likeness (QED) is 0.373. The van der Waals surface area contributed by atoms with Crippen LogP contribution in [0.2, 0.25) is 5.02 Å². The third-order valence-corrected chi connectivity index (χ3v) is 5.23. The summed E-state index contributed by atoms with van der Waals surface area (Å²) in [6, 6.07) is 12.9. The Labute approximate surface area is 172 Å². The molecule has 0 bridgehead atoms. The van der Waals surface area contributed by atoms with E-state index >= 15 is 0 Å². The number of aromatic amines is 1. The number of thioether (sulfide) groups is 1. The molecule has 0 saturated heterocycles. The lowest BCUT2D eigenvalue weighted by molar-refractivity contribution is -0.113. The molecule has 146 valence electrons. The number of halogens is 2. The minimum atomic E-state index is -0.567. The van der Waals surface area contributed by atoms with Gasteiger partial charge < -0.3 is 5.32 Å². The second-order valence-electron chi connectivity index (χ2n) is 5.97. The first kappa shape index (κ1) is 19.2. The van der Waals surface area contributed by atoms with Gasteiger partial charge in [0, 0.05) is 5.69 Å². The van der Waals surface area contributed by atoms with Gasteiger partial charge in [-0.3, -0.25) is 19.3 Å². The van der Waals surface area contributed by atoms with Gasteiger partial charge in [0.05, 0.1) is 22.7 Å². The van der Waals surface area contributed by atoms with Gasteiger partial charge in [0.25, 0.3) is 5.56 Å². The molecule has 0 aliphatic carbocycles. The summed E-state index contributed by atoms with van der Waals surface area (Å²) in [5.74, 6) is -0.937. The third kappa shape index (κ3) is 4.01. The molecule has 0 aliphatic heterocycles. The largest absolute Gasteiger partial charge is 0.325 e. The van der Waals surface area contributed by atoms with Crippen LogP contribution in [0.5, 0.6) is 0 Å². The van der Waals surface area contributed by atoms with Crippen LogP contribution in [0.25, 0.3) is 16.7 Å². The van der Waals surface area contributed by atoms with Gasteiger partial charge in [-0.25, -0.2) is 9.37 Å². The Balaban J connectivity index is 1.61. The summed E-state index contributed by atoms with van der Waals surface area (Å²) in [7, 11) is 0. The van der Waals surface area contributed by atoms with Gasteiger partial charge in [0.1, 0.15) is 11.2 Å². The number of amides is 1. The number of H-pyrrole nitrogens is 1. The summed E-state index contributed by atoms with van der Waals surface area (Å²) >= 11 is 6.83. The molecule has 2 heterocycles. The van der Waals surface area contributed by atoms with Crippen LogP contribution in [0.3, 0.4) is 0 Å². The molecular weight excluding hydrogens is 417 g/mol. The lowest BCUT2D eigenvalue weighted by Crippen LogP contribution is -2.22. The van der Waals surface area contributed by atoms with E-state index in [0.29, 0.717) is 27.6 Å². The molecule has 0 atom stereocenters. The molecule has 1 amide bonds. The Bertz CT molecular complexity index is 1260. The molecule has 0 aliphatic rings. The number of hydrogen-bond donors (Lipinski definition) is 2. The third-order valence-electron chi connectivity index (χ3n) is 4.00. The molecular formula is C19H13ClFN5O2S. The normalized spacial score (nSPS) is 11.0. The van der Waals surface area contributed by atoms with Crippen molar-refractivity contribution in [3.8, 4) is 5.69 Å². The van der Waals surface area contributed by atoms with Crippen molar-refractivity contribution in [1.82, 2.24) is 19.7 Å². The summed E-state index contributed by atoms with van der Waals surface area (Å²) in [5.41, 5.74) is 1.05. The molecule has 0 unspecified atom stereocenters. The van der Waals surface area contributed by atoms with Crippen LogP contribution in [0.1, 0.15) is 0 Å². The number of benzene rings is 2. The van der Waals surface area contributed by atoms with E-state index in [-0.39, 0.29) is 22.2 Å². The number of rotatable bonds is 5. The maximum atomic E-state index is 13.3. The summed E-state index contributed by atoms with van der Waals surface area (Å²) < 4.78 is 14.7. The van der Waals surface area contributed by atoms with Crippen molar-refractivity contribution in [2.24, 2.45) is 0 Å². The highest BCUT2D eigenvalue weighted by molar-refractivity contribution is 7.99. The van der Waals surface area contributed by atoms with Crippen LogP contribution in [0, 0.1) is 5.82 Å². The minimum absolute atomic E-state index is 0.0199. The van der Waals surface area contributed by atoms with Gasteiger partial charge in [-0.15, -0.1) is 0 Å². The summed E-state index contributed by atoms with van der Waals surface area (Å²) in [4.78, 5) is 29.7. The fraction of sp³-hybridized carbons (Fsp3) is 0.0526. The first-order chi connectivity index (χ1) is 14.0. The predicted octanol–water partition coefficient (Wildman–Crippen LogP) is 3.63. The summed E-state index contributed by atoms with van der Waals surface area (Å²) in [5, 5.41) is 9.80. The average Bonchev–Trinajstić information content (AvgIpc) is 3.19. The van der Waals surface area contributed by atoms with E-state index in [1.807, 2.05) is 6.07 Å². The molecule has 4 aromatic rings. The molecule has 10 heteroatoms. The Morgan fingerprint density at radius 1 is 1.24 bits per heavy atom. The molecule has 0 saturated carbocycles. The van der Waals surface area contributed by atoms with Crippen molar-refractivity contribution in [3.63, 3.8) is 0 Å². The molecule has 2 N–H and O–H groups in total. The maximum absolute atomic E-state index is 13.3. The highest BCUT2D eigenvalue weighted by Gasteiger charge is 2.16. The Hall–Kier alpha value is -3.17. The van der Waals surface area contributed by atoms with Crippen molar-refractivity contribution < 1.29 is 9.18 Å². The van der Waals surface area contributed by atoms with Gasteiger partial charge in [0.15, 0.2) is 10.8 Å². The van der Waals surface area contributed by atoms with E-state index in [2.05, 4.69) is 20.5 Å². The van der Waals surface area contributed by atoms with Crippen LogP contribution >= 0.6 is 23.4 Å². The van der Waals surface area contributed by atoms with Gasteiger partial charge >= 0.3 is 0 Å². The SMILES string of the molecule is O=C(CSc1nc2[nH]ncc2c(=O)n1-c1ccccc1)Nc1ccc(F)c(Cl)c1. The van der Waals surface area contributed by atoms with E-state index in [1.165, 1.54) is 29.0 Å². The number of carbonyl (C=O) groups excluding carboxylic acids is 1. The Morgan fingerprint density at radius 2 is 2.03 bits per heavy atom. The molecule has 4 rings (SSSR count). The number of carbonyl (C=O) groups is 1. The van der Waals surface area contributed by atoms with Crippen molar-refractivity contribution >= 4 is 46.0 Å². The van der Waals surface area contributed by atoms with Crippen LogP contribution in [-0.4, -0.2) is 31.4 Å². The van der Waals surface area contributed by atoms with Gasteiger partial charge in [-0.2, -0.15) is 5.10 Å². The minimum Gasteiger partial charge on any atom is -0.325 e. The van der Waals surface area contributed by atoms with Crippen molar-refractivity contribution in [3.05, 3.63) is 75.9 Å². The number of hydrogen-bond acceptors (Lipinski definition) is 5. The van der Waals surface area contributed by atoms with Crippen LogP contribution in [-0.2, 0) is 4.79 Å². The monoisotopic (exact) mass is 429 g/mol. The zero-order valence-electron chi connectivity index (χ0n) is 14.7. The second kappa shape index (κ2) is 8.06. The van der Waals surface area contributed by atoms with E-state index in [0.717, 1.165) is 11.8 Å². The lowest BCUT2D eigenvalue weighted by atomic mass is 10.3. The lowest BCUT2D eigenvalue weighted by Gasteiger charge is -2.12. The number of para-hydroxylation sites is 1. The number of nitrogens with zero attached hydrogens (tertiary/aromatic N) is 3. The van der Waals surface area contributed by atoms with E-state index in [4.69, 9.17) is 11.6 Å². The first-order valence-corrected chi connectivity index (χ1v) is 9.78. The molecule has 0 radical (unpaired) electrons. The molecule has 0 fully saturated rings. The number of anilines is 1. The highest BCUT2D eigenvalue weighted by atomic mass is 35.5. The van der Waals surface area contributed by atoms with Crippen molar-refractivity contribution in [2.45, 2.75) is 5.16 Å². The molecule has 2 aromatic carbocycles. The smallest absolute Gasteiger partial charge is 0.269 e. The van der Waals surface area contributed by atoms with Gasteiger partial charge in [-0.1, -0.05) is 41.6 Å².